The fourth-order valence-electron chi connectivity index (χ4n) is 2.03. The summed E-state index contributed by atoms with van der Waals surface area (Å²) in [7, 11) is -2.14. The third-order valence-corrected chi connectivity index (χ3v) is 5.38. The van der Waals surface area contributed by atoms with Gasteiger partial charge in [0.25, 0.3) is 0 Å². The number of anilines is 1. The molecule has 1 unspecified atom stereocenters. The third kappa shape index (κ3) is 3.96. The van der Waals surface area contributed by atoms with Crippen LogP contribution in [0.3, 0.4) is 0 Å². The number of ether oxygens (including phenoxy) is 1. The van der Waals surface area contributed by atoms with Crippen molar-refractivity contribution >= 4 is 27.0 Å². The topological polar surface area (TPSA) is 81.4 Å². The molecule has 5 nitrogen and oxygen atoms in total. The molecule has 0 radical (unpaired) electrons. The number of rotatable bonds is 6. The van der Waals surface area contributed by atoms with E-state index in [1.165, 1.54) is 19.2 Å². The molecule has 1 heterocycles. The Bertz CT molecular complexity index is 697. The quantitative estimate of drug-likeness (QED) is 0.798. The van der Waals surface area contributed by atoms with Crippen molar-refractivity contribution < 1.29 is 13.2 Å². The van der Waals surface area contributed by atoms with Gasteiger partial charge in [-0.1, -0.05) is 0 Å². The van der Waals surface area contributed by atoms with Gasteiger partial charge < -0.3 is 10.5 Å². The molecule has 1 atom stereocenters. The third-order valence-electron chi connectivity index (χ3n) is 2.98. The molecule has 0 aliphatic heterocycles. The van der Waals surface area contributed by atoms with Gasteiger partial charge in [-0.2, -0.15) is 11.3 Å². The van der Waals surface area contributed by atoms with E-state index in [0.717, 1.165) is 5.56 Å². The highest BCUT2D eigenvalue weighted by molar-refractivity contribution is 7.89. The first kappa shape index (κ1) is 15.8. The number of hydrogen-bond acceptors (Lipinski definition) is 5. The van der Waals surface area contributed by atoms with Crippen molar-refractivity contribution in [2.75, 3.05) is 12.8 Å². The van der Waals surface area contributed by atoms with Crippen molar-refractivity contribution in [2.45, 2.75) is 24.3 Å². The number of benzene rings is 1. The Morgan fingerprint density at radius 3 is 2.71 bits per heavy atom. The number of hydrogen-bond donors (Lipinski definition) is 2. The predicted molar refractivity (Wildman–Crippen MR) is 85.2 cm³/mol. The van der Waals surface area contributed by atoms with Crippen LogP contribution in [0, 0.1) is 0 Å². The Hall–Kier alpha value is -1.57. The van der Waals surface area contributed by atoms with Crippen LogP contribution in [0.25, 0.3) is 0 Å². The summed E-state index contributed by atoms with van der Waals surface area (Å²) in [5.41, 5.74) is 7.08. The molecule has 0 spiro atoms. The van der Waals surface area contributed by atoms with Crippen molar-refractivity contribution in [3.05, 3.63) is 40.6 Å². The van der Waals surface area contributed by atoms with Gasteiger partial charge in [-0.25, -0.2) is 13.1 Å². The van der Waals surface area contributed by atoms with E-state index in [-0.39, 0.29) is 16.6 Å². The molecule has 0 bridgehead atoms. The minimum atomic E-state index is -3.65. The number of thiophene rings is 1. The number of nitrogens with two attached hydrogens (primary N) is 1. The lowest BCUT2D eigenvalue weighted by molar-refractivity contribution is 0.414. The van der Waals surface area contributed by atoms with Crippen LogP contribution in [0.2, 0.25) is 0 Å². The van der Waals surface area contributed by atoms with E-state index in [1.807, 2.05) is 23.8 Å². The van der Waals surface area contributed by atoms with Gasteiger partial charge in [-0.15, -0.1) is 0 Å². The summed E-state index contributed by atoms with van der Waals surface area (Å²) in [5.74, 6) is 0.526. The first-order valence-electron chi connectivity index (χ1n) is 6.39. The van der Waals surface area contributed by atoms with E-state index in [2.05, 4.69) is 4.72 Å². The summed E-state index contributed by atoms with van der Waals surface area (Å²) in [4.78, 5) is 0.0699. The zero-order valence-corrected chi connectivity index (χ0v) is 13.5. The molecule has 2 aromatic rings. The van der Waals surface area contributed by atoms with Gasteiger partial charge in [0.2, 0.25) is 10.0 Å². The molecule has 0 aliphatic rings. The van der Waals surface area contributed by atoms with Crippen molar-refractivity contribution in [2.24, 2.45) is 0 Å². The van der Waals surface area contributed by atoms with Gasteiger partial charge in [-0.3, -0.25) is 0 Å². The molecule has 1 aromatic heterocycles. The number of nitrogen functional groups attached to an aromatic ring is 1. The van der Waals surface area contributed by atoms with E-state index in [4.69, 9.17) is 10.5 Å². The molecule has 0 fully saturated rings. The molecule has 0 saturated heterocycles. The lowest BCUT2D eigenvalue weighted by Gasteiger charge is -2.15. The van der Waals surface area contributed by atoms with Gasteiger partial charge in [0, 0.05) is 12.1 Å². The molecule has 114 valence electrons. The van der Waals surface area contributed by atoms with Crippen LogP contribution >= 0.6 is 11.3 Å². The second kappa shape index (κ2) is 6.46. The lowest BCUT2D eigenvalue weighted by Crippen LogP contribution is -2.34. The second-order valence-electron chi connectivity index (χ2n) is 4.76. The Labute approximate surface area is 128 Å². The van der Waals surface area contributed by atoms with Crippen molar-refractivity contribution in [3.63, 3.8) is 0 Å². The highest BCUT2D eigenvalue weighted by atomic mass is 32.2. The maximum atomic E-state index is 12.4. The van der Waals surface area contributed by atoms with Crippen LogP contribution in [0.5, 0.6) is 5.75 Å². The fourth-order valence-corrected chi connectivity index (χ4v) is 4.07. The summed E-state index contributed by atoms with van der Waals surface area (Å²) in [6.07, 6.45) is 0.638. The first-order chi connectivity index (χ1) is 9.92. The monoisotopic (exact) mass is 326 g/mol. The minimum absolute atomic E-state index is 0.0699. The highest BCUT2D eigenvalue weighted by Crippen LogP contribution is 2.24. The average Bonchev–Trinajstić information content (AvgIpc) is 2.90. The van der Waals surface area contributed by atoms with Crippen LogP contribution < -0.4 is 15.2 Å². The normalized spacial score (nSPS) is 13.0. The minimum Gasteiger partial charge on any atom is -0.497 e. The summed E-state index contributed by atoms with van der Waals surface area (Å²) in [6.45, 7) is 1.83. The molecule has 0 amide bonds. The summed E-state index contributed by atoms with van der Waals surface area (Å²) >= 11 is 1.59. The fraction of sp³-hybridized carbons (Fsp3) is 0.286. The summed E-state index contributed by atoms with van der Waals surface area (Å²) in [5, 5.41) is 3.98. The molecule has 0 saturated carbocycles. The Kier molecular flexibility index (Phi) is 4.87. The first-order valence-corrected chi connectivity index (χ1v) is 8.82. The molecule has 1 aromatic carbocycles. The van der Waals surface area contributed by atoms with E-state index < -0.39 is 10.0 Å². The van der Waals surface area contributed by atoms with Crippen LogP contribution in [0.4, 0.5) is 5.69 Å². The Balaban J connectivity index is 2.14. The predicted octanol–water partition coefficient (Wildman–Crippen LogP) is 2.25. The van der Waals surface area contributed by atoms with Crippen LogP contribution in [-0.2, 0) is 16.4 Å². The van der Waals surface area contributed by atoms with Crippen LogP contribution in [0.15, 0.2) is 39.9 Å². The van der Waals surface area contributed by atoms with Crippen LogP contribution in [0.1, 0.15) is 12.5 Å². The van der Waals surface area contributed by atoms with E-state index in [1.54, 1.807) is 17.4 Å². The van der Waals surface area contributed by atoms with Gasteiger partial charge >= 0.3 is 0 Å². The van der Waals surface area contributed by atoms with E-state index in [9.17, 15) is 8.42 Å². The van der Waals surface area contributed by atoms with Crippen molar-refractivity contribution in [3.8, 4) is 5.75 Å². The number of methoxy groups -OCH3 is 1. The highest BCUT2D eigenvalue weighted by Gasteiger charge is 2.20. The number of nitrogens with one attached hydrogen (secondary N) is 1. The molecular weight excluding hydrogens is 308 g/mol. The van der Waals surface area contributed by atoms with Gasteiger partial charge in [0.1, 0.15) is 10.6 Å². The second-order valence-corrected chi connectivity index (χ2v) is 7.22. The molecule has 2 rings (SSSR count). The maximum Gasteiger partial charge on any atom is 0.242 e. The smallest absolute Gasteiger partial charge is 0.242 e. The van der Waals surface area contributed by atoms with Crippen molar-refractivity contribution in [1.29, 1.82) is 0 Å². The maximum absolute atomic E-state index is 12.4. The van der Waals surface area contributed by atoms with Crippen molar-refractivity contribution in [1.82, 2.24) is 4.72 Å². The van der Waals surface area contributed by atoms with Gasteiger partial charge in [-0.05, 0) is 47.9 Å². The largest absolute Gasteiger partial charge is 0.497 e. The van der Waals surface area contributed by atoms with Gasteiger partial charge in [0.15, 0.2) is 0 Å². The number of sulfonamides is 1. The van der Waals surface area contributed by atoms with Crippen LogP contribution in [-0.4, -0.2) is 21.6 Å². The summed E-state index contributed by atoms with van der Waals surface area (Å²) < 4.78 is 32.4. The Morgan fingerprint density at radius 2 is 2.14 bits per heavy atom. The zero-order chi connectivity index (χ0) is 15.5. The van der Waals surface area contributed by atoms with Gasteiger partial charge in [0.05, 0.1) is 12.8 Å². The van der Waals surface area contributed by atoms with E-state index >= 15 is 0 Å². The average molecular weight is 326 g/mol. The zero-order valence-electron chi connectivity index (χ0n) is 11.9. The lowest BCUT2D eigenvalue weighted by atomic mass is 10.1. The molecule has 0 aliphatic carbocycles. The van der Waals surface area contributed by atoms with E-state index in [0.29, 0.717) is 12.2 Å². The SMILES string of the molecule is COc1ccc(S(=O)(=O)NC(C)Cc2ccsc2)c(N)c1. The standard InChI is InChI=1S/C14H18N2O3S2/c1-10(7-11-5-6-20-9-11)16-21(17,18)14-4-3-12(19-2)8-13(14)15/h3-6,8-10,16H,7,15H2,1-2H3. The summed E-state index contributed by atoms with van der Waals surface area (Å²) in [6, 6.07) is 6.29. The molecule has 21 heavy (non-hydrogen) atoms. The molecule has 7 heteroatoms. The molecular formula is C14H18N2O3S2. The Morgan fingerprint density at radius 1 is 1.38 bits per heavy atom. The molecule has 3 N–H and O–H groups in total.